The van der Waals surface area contributed by atoms with Crippen molar-refractivity contribution in [3.05, 3.63) is 0 Å². The van der Waals surface area contributed by atoms with Gasteiger partial charge < -0.3 is 10.8 Å². The lowest BCUT2D eigenvalue weighted by Gasteiger charge is -2.17. The first-order valence-electron chi connectivity index (χ1n) is 3.89. The predicted molar refractivity (Wildman–Crippen MR) is 44.1 cm³/mol. The van der Waals surface area contributed by atoms with Gasteiger partial charge >= 0.3 is 0 Å². The lowest BCUT2D eigenvalue weighted by Crippen LogP contribution is -2.40. The molecule has 0 aromatic carbocycles. The van der Waals surface area contributed by atoms with Crippen LogP contribution >= 0.6 is 0 Å². The Bertz CT molecular complexity index is 134. The van der Waals surface area contributed by atoms with Crippen LogP contribution in [0.4, 0.5) is 0 Å². The van der Waals surface area contributed by atoms with Gasteiger partial charge in [0.25, 0.3) is 0 Å². The van der Waals surface area contributed by atoms with Crippen molar-refractivity contribution in [3.8, 4) is 0 Å². The summed E-state index contributed by atoms with van der Waals surface area (Å²) in [6, 6.07) is -0.410. The van der Waals surface area contributed by atoms with Crippen LogP contribution in [0.3, 0.4) is 0 Å². The Hall–Kier alpha value is -0.410. The monoisotopic (exact) mass is 159 g/mol. The molecule has 0 spiro atoms. The Morgan fingerprint density at radius 3 is 2.27 bits per heavy atom. The molecule has 3 heteroatoms. The topological polar surface area (TPSA) is 63.3 Å². The Balaban J connectivity index is 3.82. The zero-order valence-corrected chi connectivity index (χ0v) is 7.37. The summed E-state index contributed by atoms with van der Waals surface area (Å²) < 4.78 is 0. The summed E-state index contributed by atoms with van der Waals surface area (Å²) in [5, 5.41) is 9.17. The molecule has 0 saturated carbocycles. The summed E-state index contributed by atoms with van der Waals surface area (Å²) >= 11 is 0. The fourth-order valence-electron chi connectivity index (χ4n) is 0.975. The van der Waals surface area contributed by atoms with Crippen molar-refractivity contribution in [1.82, 2.24) is 0 Å². The highest BCUT2D eigenvalue weighted by molar-refractivity contribution is 5.80. The first-order chi connectivity index (χ1) is 4.95. The second-order valence-electron chi connectivity index (χ2n) is 3.35. The molecule has 3 N–H and O–H groups in total. The quantitative estimate of drug-likeness (QED) is 0.620. The average molecular weight is 159 g/mol. The summed E-state index contributed by atoms with van der Waals surface area (Å²) in [6.07, 6.45) is -0.307. The number of hydrogen-bond acceptors (Lipinski definition) is 3. The molecule has 0 heterocycles. The highest BCUT2D eigenvalue weighted by atomic mass is 16.3. The molecule has 11 heavy (non-hydrogen) atoms. The summed E-state index contributed by atoms with van der Waals surface area (Å²) in [5.41, 5.74) is 5.55. The number of aliphatic hydroxyl groups excluding tert-OH is 1. The molecule has 0 aromatic rings. The van der Waals surface area contributed by atoms with E-state index >= 15 is 0 Å². The molecule has 0 radical (unpaired) electrons. The highest BCUT2D eigenvalue weighted by Gasteiger charge is 2.19. The molecule has 0 rings (SSSR count). The van der Waals surface area contributed by atoms with Gasteiger partial charge in [-0.15, -0.1) is 0 Å². The smallest absolute Gasteiger partial charge is 0.159 e. The lowest BCUT2D eigenvalue weighted by atomic mass is 9.98. The van der Waals surface area contributed by atoms with Crippen LogP contribution in [0.25, 0.3) is 0 Å². The van der Waals surface area contributed by atoms with Gasteiger partial charge in [-0.2, -0.15) is 0 Å². The molecular weight excluding hydrogens is 142 g/mol. The van der Waals surface area contributed by atoms with Crippen molar-refractivity contribution < 1.29 is 9.90 Å². The van der Waals surface area contributed by atoms with Gasteiger partial charge in [0.05, 0.1) is 0 Å². The van der Waals surface area contributed by atoms with Gasteiger partial charge in [-0.05, 0) is 19.3 Å². The van der Waals surface area contributed by atoms with E-state index < -0.39 is 12.1 Å². The van der Waals surface area contributed by atoms with Gasteiger partial charge in [-0.1, -0.05) is 13.8 Å². The standard InChI is InChI=1S/C8H17NO2/c1-5(2)4-7(9)8(11)6(3)10/h5,7-8,11H,4,9H2,1-3H3/t7-,8?/m0/s1. The summed E-state index contributed by atoms with van der Waals surface area (Å²) in [7, 11) is 0. The summed E-state index contributed by atoms with van der Waals surface area (Å²) in [4.78, 5) is 10.6. The Morgan fingerprint density at radius 1 is 1.55 bits per heavy atom. The number of nitrogens with two attached hydrogens (primary N) is 1. The summed E-state index contributed by atoms with van der Waals surface area (Å²) in [6.45, 7) is 5.37. The largest absolute Gasteiger partial charge is 0.384 e. The minimum absolute atomic E-state index is 0.252. The molecule has 0 aromatic heterocycles. The SMILES string of the molecule is CC(=O)C(O)[C@@H](N)CC(C)C. The maximum atomic E-state index is 10.6. The van der Waals surface area contributed by atoms with Crippen molar-refractivity contribution >= 4 is 5.78 Å². The third-order valence-electron chi connectivity index (χ3n) is 1.57. The molecule has 0 amide bonds. The van der Waals surface area contributed by atoms with Gasteiger partial charge in [0.2, 0.25) is 0 Å². The van der Waals surface area contributed by atoms with E-state index in [-0.39, 0.29) is 5.78 Å². The normalized spacial score (nSPS) is 16.5. The van der Waals surface area contributed by atoms with Crippen LogP contribution < -0.4 is 5.73 Å². The fraction of sp³-hybridized carbons (Fsp3) is 0.875. The van der Waals surface area contributed by atoms with E-state index in [9.17, 15) is 4.79 Å². The number of ketones is 1. The zero-order chi connectivity index (χ0) is 9.02. The van der Waals surface area contributed by atoms with E-state index in [0.717, 1.165) is 0 Å². The van der Waals surface area contributed by atoms with Gasteiger partial charge in [-0.25, -0.2) is 0 Å². The van der Waals surface area contributed by atoms with Crippen molar-refractivity contribution in [1.29, 1.82) is 0 Å². The van der Waals surface area contributed by atoms with E-state index in [0.29, 0.717) is 12.3 Å². The molecular formula is C8H17NO2. The molecule has 66 valence electrons. The van der Waals surface area contributed by atoms with Crippen LogP contribution in [0.2, 0.25) is 0 Å². The van der Waals surface area contributed by atoms with Crippen molar-refractivity contribution in [2.75, 3.05) is 0 Å². The minimum Gasteiger partial charge on any atom is -0.384 e. The molecule has 0 aliphatic rings. The van der Waals surface area contributed by atoms with E-state index in [1.165, 1.54) is 6.92 Å². The predicted octanol–water partition coefficient (Wildman–Crippen LogP) is 0.310. The third kappa shape index (κ3) is 4.11. The van der Waals surface area contributed by atoms with Crippen LogP contribution in [-0.4, -0.2) is 23.0 Å². The second kappa shape index (κ2) is 4.46. The van der Waals surface area contributed by atoms with Crippen molar-refractivity contribution in [2.45, 2.75) is 39.3 Å². The van der Waals surface area contributed by atoms with Gasteiger partial charge in [0.15, 0.2) is 5.78 Å². The molecule has 0 aliphatic carbocycles. The van der Waals surface area contributed by atoms with Crippen molar-refractivity contribution in [2.24, 2.45) is 11.7 Å². The van der Waals surface area contributed by atoms with Crippen LogP contribution in [0, 0.1) is 5.92 Å². The van der Waals surface area contributed by atoms with Gasteiger partial charge in [0.1, 0.15) is 6.10 Å². The van der Waals surface area contributed by atoms with E-state index in [4.69, 9.17) is 10.8 Å². The molecule has 2 atom stereocenters. The first kappa shape index (κ1) is 10.6. The third-order valence-corrected chi connectivity index (χ3v) is 1.57. The molecule has 0 saturated heterocycles. The van der Waals surface area contributed by atoms with E-state index in [1.54, 1.807) is 0 Å². The van der Waals surface area contributed by atoms with E-state index in [1.807, 2.05) is 13.8 Å². The maximum absolute atomic E-state index is 10.6. The molecule has 3 nitrogen and oxygen atoms in total. The maximum Gasteiger partial charge on any atom is 0.159 e. The Morgan fingerprint density at radius 2 is 2.00 bits per heavy atom. The van der Waals surface area contributed by atoms with Crippen molar-refractivity contribution in [3.63, 3.8) is 0 Å². The Labute approximate surface area is 67.6 Å². The fourth-order valence-corrected chi connectivity index (χ4v) is 0.975. The minimum atomic E-state index is -0.989. The first-order valence-corrected chi connectivity index (χ1v) is 3.89. The number of rotatable bonds is 4. The molecule has 1 unspecified atom stereocenters. The number of carbonyl (C=O) groups excluding carboxylic acids is 1. The van der Waals surface area contributed by atoms with Crippen LogP contribution in [0.15, 0.2) is 0 Å². The van der Waals surface area contributed by atoms with Crippen LogP contribution in [0.5, 0.6) is 0 Å². The molecule has 0 aliphatic heterocycles. The summed E-state index contributed by atoms with van der Waals surface area (Å²) in [5.74, 6) is 0.164. The number of Topliss-reactive ketones (excluding diaryl/α,β-unsaturated/α-hetero) is 1. The number of carbonyl (C=O) groups is 1. The second-order valence-corrected chi connectivity index (χ2v) is 3.35. The Kier molecular flexibility index (Phi) is 4.30. The van der Waals surface area contributed by atoms with Crippen LogP contribution in [0.1, 0.15) is 27.2 Å². The average Bonchev–Trinajstić information content (AvgIpc) is 1.84. The van der Waals surface area contributed by atoms with E-state index in [2.05, 4.69) is 0 Å². The zero-order valence-electron chi connectivity index (χ0n) is 7.37. The van der Waals surface area contributed by atoms with Crippen LogP contribution in [-0.2, 0) is 4.79 Å². The van der Waals surface area contributed by atoms with Gasteiger partial charge in [0, 0.05) is 6.04 Å². The molecule has 0 bridgehead atoms. The number of hydrogen-bond donors (Lipinski definition) is 2. The molecule has 0 fully saturated rings. The lowest BCUT2D eigenvalue weighted by molar-refractivity contribution is -0.126. The number of aliphatic hydroxyl groups is 1. The van der Waals surface area contributed by atoms with Gasteiger partial charge in [-0.3, -0.25) is 4.79 Å². The highest BCUT2D eigenvalue weighted by Crippen LogP contribution is 2.06.